The van der Waals surface area contributed by atoms with E-state index in [0.717, 1.165) is 83.4 Å². The Morgan fingerprint density at radius 1 is 0.329 bits per heavy atom. The van der Waals surface area contributed by atoms with Crippen molar-refractivity contribution < 1.29 is 8.83 Å². The molecular weight excluding hydrogens is 1030 g/mol. The minimum absolute atomic E-state index is 0.258. The Bertz CT molecular complexity index is 5390. The summed E-state index contributed by atoms with van der Waals surface area (Å²) < 4.78 is 16.7. The van der Waals surface area contributed by atoms with Crippen molar-refractivity contribution in [1.82, 2.24) is 4.57 Å². The average molecular weight is 1090 g/mol. The molecule has 0 unspecified atom stereocenters. The number of furan rings is 2. The van der Waals surface area contributed by atoms with Crippen LogP contribution >= 0.6 is 0 Å². The summed E-state index contributed by atoms with van der Waals surface area (Å²) in [7, 11) is 0. The molecule has 12 aromatic carbocycles. The van der Waals surface area contributed by atoms with Gasteiger partial charge >= 0.3 is 0 Å². The van der Waals surface area contributed by atoms with Gasteiger partial charge in [0.25, 0.3) is 0 Å². The van der Waals surface area contributed by atoms with E-state index in [4.69, 9.17) is 8.83 Å². The molecule has 0 N–H and O–H groups in total. The van der Waals surface area contributed by atoms with Crippen molar-refractivity contribution >= 4 is 82.7 Å². The van der Waals surface area contributed by atoms with Gasteiger partial charge in [0.2, 0.25) is 0 Å². The number of nitrogens with zero attached hydrogens (tertiary/aromatic N) is 2. The van der Waals surface area contributed by atoms with Crippen molar-refractivity contribution in [1.29, 1.82) is 0 Å². The highest BCUT2D eigenvalue weighted by atomic mass is 16.3. The Morgan fingerprint density at radius 3 is 1.58 bits per heavy atom. The molecule has 15 aromatic rings. The van der Waals surface area contributed by atoms with Crippen LogP contribution in [0.5, 0.6) is 0 Å². The average Bonchev–Trinajstić information content (AvgIpc) is 1.53. The number of rotatable bonds is 6. The Balaban J connectivity index is 0.862. The Kier molecular flexibility index (Phi) is 9.67. The molecule has 3 aliphatic carbocycles. The van der Waals surface area contributed by atoms with Crippen molar-refractivity contribution in [3.8, 4) is 61.3 Å². The summed E-state index contributed by atoms with van der Waals surface area (Å²) in [6, 6.07) is 89.6. The normalized spacial score (nSPS) is 14.8. The topological polar surface area (TPSA) is 34.5 Å². The largest absolute Gasteiger partial charge is 0.455 e. The first kappa shape index (κ1) is 48.4. The summed E-state index contributed by atoms with van der Waals surface area (Å²) >= 11 is 0. The van der Waals surface area contributed by atoms with Crippen LogP contribution in [0.4, 0.5) is 17.1 Å². The molecule has 0 amide bonds. The molecule has 4 heteroatoms. The summed E-state index contributed by atoms with van der Waals surface area (Å²) in [5, 5.41) is 7.09. The fraction of sp³-hybridized carbons (Fsp3) is 0.111. The molecule has 404 valence electrons. The minimum Gasteiger partial charge on any atom is -0.455 e. The van der Waals surface area contributed by atoms with Crippen LogP contribution in [0.3, 0.4) is 0 Å². The minimum atomic E-state index is -0.413. The van der Waals surface area contributed by atoms with E-state index in [1.165, 1.54) is 94.0 Å². The highest BCUT2D eigenvalue weighted by Gasteiger charge is 2.49. The van der Waals surface area contributed by atoms with Crippen LogP contribution in [0.1, 0.15) is 74.9 Å². The lowest BCUT2D eigenvalue weighted by Gasteiger charge is -2.32. The fourth-order valence-electron chi connectivity index (χ4n) is 16.1. The first-order valence-corrected chi connectivity index (χ1v) is 29.9. The van der Waals surface area contributed by atoms with E-state index < -0.39 is 5.41 Å². The van der Waals surface area contributed by atoms with Crippen LogP contribution in [-0.2, 0) is 16.2 Å². The predicted octanol–water partition coefficient (Wildman–Crippen LogP) is 22.3. The zero-order valence-electron chi connectivity index (χ0n) is 48.3. The standard InChI is InChI=1S/C81H58N2O2/c1-79(2)61-44-49(40-42-54(61)70-63(79)46-59(77-72(70)57-31-16-21-38-67(57)84-77)52-33-23-37-66-69(52)56-30-15-20-36-65(56)83(66)48-26-11-8-12-27-48)82(64-35-19-14-28-51(64)47-24-9-7-10-25-47)50-41-43-55-62(45-50)81(5,6)75-71(55)73-58-32-17-22-39-68(58)85-78(73)74-53-29-13-18-34-60(53)80(3,4)76(74)75/h7-46H,1-6H3. The summed E-state index contributed by atoms with van der Waals surface area (Å²) in [6.45, 7) is 14.6. The van der Waals surface area contributed by atoms with Gasteiger partial charge in [0.15, 0.2) is 0 Å². The van der Waals surface area contributed by atoms with Crippen molar-refractivity contribution in [2.75, 3.05) is 4.90 Å². The molecule has 4 nitrogen and oxygen atoms in total. The number of para-hydroxylation sites is 5. The molecule has 3 aromatic heterocycles. The van der Waals surface area contributed by atoms with Gasteiger partial charge in [-0.1, -0.05) is 211 Å². The van der Waals surface area contributed by atoms with Gasteiger partial charge in [0.1, 0.15) is 22.3 Å². The number of hydrogen-bond acceptors (Lipinski definition) is 3. The SMILES string of the molecule is CC1(C)c2cc(N(c3ccc4c(c3)C(C)(C)c3c5c(c6oc7ccccc7c6c3-4)-c3ccccc3C5(C)C)c3ccccc3-c3ccccc3)ccc2-c2c1cc(-c1cccc3c1c1ccccc1n3-c1ccccc1)c1oc3ccccc3c21. The van der Waals surface area contributed by atoms with Gasteiger partial charge in [0.05, 0.1) is 16.7 Å². The third-order valence-corrected chi connectivity index (χ3v) is 19.9. The maximum Gasteiger partial charge on any atom is 0.144 e. The molecule has 0 atom stereocenters. The first-order valence-electron chi connectivity index (χ1n) is 29.9. The molecular formula is C81H58N2O2. The van der Waals surface area contributed by atoms with Crippen LogP contribution in [0, 0.1) is 0 Å². The lowest BCUT2D eigenvalue weighted by Crippen LogP contribution is -2.24. The predicted molar refractivity (Wildman–Crippen MR) is 354 cm³/mol. The maximum atomic E-state index is 7.18. The van der Waals surface area contributed by atoms with Gasteiger partial charge in [-0.3, -0.25) is 0 Å². The van der Waals surface area contributed by atoms with Crippen molar-refractivity contribution in [3.63, 3.8) is 0 Å². The second-order valence-corrected chi connectivity index (χ2v) is 25.4. The second kappa shape index (κ2) is 17.0. The van der Waals surface area contributed by atoms with Crippen LogP contribution in [-0.4, -0.2) is 4.57 Å². The molecule has 85 heavy (non-hydrogen) atoms. The number of fused-ring (bicyclic) bond motifs is 22. The molecule has 0 fully saturated rings. The third kappa shape index (κ3) is 6.36. The van der Waals surface area contributed by atoms with E-state index in [0.29, 0.717) is 0 Å². The third-order valence-electron chi connectivity index (χ3n) is 19.9. The van der Waals surface area contributed by atoms with E-state index in [9.17, 15) is 0 Å². The van der Waals surface area contributed by atoms with Gasteiger partial charge in [-0.25, -0.2) is 0 Å². The summed E-state index contributed by atoms with van der Waals surface area (Å²) in [5.74, 6) is 0. The summed E-state index contributed by atoms with van der Waals surface area (Å²) in [4.78, 5) is 2.53. The van der Waals surface area contributed by atoms with Gasteiger partial charge in [0, 0.05) is 82.3 Å². The molecule has 0 spiro atoms. The van der Waals surface area contributed by atoms with Gasteiger partial charge < -0.3 is 18.3 Å². The van der Waals surface area contributed by atoms with Crippen LogP contribution in [0.15, 0.2) is 251 Å². The molecule has 0 aliphatic heterocycles. The van der Waals surface area contributed by atoms with E-state index in [-0.39, 0.29) is 10.8 Å². The smallest absolute Gasteiger partial charge is 0.144 e. The van der Waals surface area contributed by atoms with Gasteiger partial charge in [-0.15, -0.1) is 0 Å². The lowest BCUT2D eigenvalue weighted by atomic mass is 9.72. The molecule has 3 aliphatic rings. The van der Waals surface area contributed by atoms with E-state index in [2.05, 4.69) is 294 Å². The van der Waals surface area contributed by atoms with Crippen LogP contribution < -0.4 is 4.90 Å². The number of hydrogen-bond donors (Lipinski definition) is 0. The highest BCUT2D eigenvalue weighted by Crippen LogP contribution is 2.64. The zero-order valence-corrected chi connectivity index (χ0v) is 48.3. The van der Waals surface area contributed by atoms with Crippen LogP contribution in [0.25, 0.3) is 127 Å². The number of anilines is 3. The summed E-state index contributed by atoms with van der Waals surface area (Å²) in [5.41, 5.74) is 29.6. The van der Waals surface area contributed by atoms with E-state index in [1.807, 2.05) is 0 Å². The number of benzene rings is 12. The quantitative estimate of drug-likeness (QED) is 0.166. The van der Waals surface area contributed by atoms with E-state index >= 15 is 0 Å². The lowest BCUT2D eigenvalue weighted by molar-refractivity contribution is 0.600. The highest BCUT2D eigenvalue weighted by molar-refractivity contribution is 6.24. The zero-order chi connectivity index (χ0) is 56.8. The van der Waals surface area contributed by atoms with Crippen molar-refractivity contribution in [2.24, 2.45) is 0 Å². The molecule has 0 bridgehead atoms. The van der Waals surface area contributed by atoms with Crippen LogP contribution in [0.2, 0.25) is 0 Å². The first-order chi connectivity index (χ1) is 41.5. The molecule has 3 heterocycles. The Hall–Kier alpha value is -10.2. The second-order valence-electron chi connectivity index (χ2n) is 25.4. The Labute approximate surface area is 493 Å². The fourth-order valence-corrected chi connectivity index (χ4v) is 16.1. The Morgan fingerprint density at radius 2 is 0.847 bits per heavy atom. The molecule has 0 saturated heterocycles. The molecule has 0 radical (unpaired) electrons. The number of aromatic nitrogens is 1. The van der Waals surface area contributed by atoms with Crippen molar-refractivity contribution in [3.05, 3.63) is 276 Å². The molecule has 18 rings (SSSR count). The van der Waals surface area contributed by atoms with Gasteiger partial charge in [-0.2, -0.15) is 0 Å². The monoisotopic (exact) mass is 1090 g/mol. The summed E-state index contributed by atoms with van der Waals surface area (Å²) in [6.07, 6.45) is 0. The van der Waals surface area contributed by atoms with Crippen molar-refractivity contribution in [2.45, 2.75) is 57.8 Å². The van der Waals surface area contributed by atoms with E-state index in [1.54, 1.807) is 0 Å². The van der Waals surface area contributed by atoms with Gasteiger partial charge in [-0.05, 0) is 145 Å². The maximum absolute atomic E-state index is 7.18. The molecule has 0 saturated carbocycles.